The van der Waals surface area contributed by atoms with E-state index in [0.717, 1.165) is 23.2 Å². The lowest BCUT2D eigenvalue weighted by molar-refractivity contribution is -0.124. The van der Waals surface area contributed by atoms with Crippen LogP contribution in [0, 0.1) is 0 Å². The number of para-hydroxylation sites is 1. The summed E-state index contributed by atoms with van der Waals surface area (Å²) in [5.74, 6) is 0.361. The van der Waals surface area contributed by atoms with Crippen molar-refractivity contribution in [2.24, 2.45) is 0 Å². The Hall–Kier alpha value is -4.04. The lowest BCUT2D eigenvalue weighted by atomic mass is 10.0. The van der Waals surface area contributed by atoms with Crippen LogP contribution in [-0.2, 0) is 11.2 Å². The average Bonchev–Trinajstić information content (AvgIpc) is 3.23. The van der Waals surface area contributed by atoms with E-state index in [1.807, 2.05) is 30.5 Å². The van der Waals surface area contributed by atoms with Gasteiger partial charge < -0.3 is 24.9 Å². The van der Waals surface area contributed by atoms with Crippen molar-refractivity contribution >= 4 is 39.8 Å². The molecule has 3 heterocycles. The maximum atomic E-state index is 12.8. The van der Waals surface area contributed by atoms with Gasteiger partial charge in [-0.3, -0.25) is 14.6 Å². The fourth-order valence-electron chi connectivity index (χ4n) is 4.07. The van der Waals surface area contributed by atoms with E-state index in [1.165, 1.54) is 6.08 Å². The molecule has 1 amide bonds. The molecule has 0 aliphatic rings. The fraction of sp³-hybridized carbons (Fsp3) is 0.192. The number of H-pyrrole nitrogens is 2. The number of benzene rings is 1. The zero-order valence-corrected chi connectivity index (χ0v) is 20.3. The predicted octanol–water partition coefficient (Wildman–Crippen LogP) is 4.90. The zero-order valence-electron chi connectivity index (χ0n) is 19.5. The van der Waals surface area contributed by atoms with Crippen LogP contribution in [0.2, 0.25) is 5.02 Å². The van der Waals surface area contributed by atoms with Gasteiger partial charge in [-0.25, -0.2) is 0 Å². The average molecular weight is 492 g/mol. The molecule has 3 N–H and O–H groups in total. The van der Waals surface area contributed by atoms with E-state index in [2.05, 4.69) is 26.8 Å². The van der Waals surface area contributed by atoms with Crippen LogP contribution in [0.4, 0.5) is 11.4 Å². The molecule has 0 aliphatic heterocycles. The maximum absolute atomic E-state index is 12.8. The zero-order chi connectivity index (χ0) is 24.9. The van der Waals surface area contributed by atoms with Crippen molar-refractivity contribution in [3.63, 3.8) is 0 Å². The number of ether oxygens (including phenoxy) is 1. The molecule has 3 aromatic heterocycles. The van der Waals surface area contributed by atoms with Gasteiger partial charge in [-0.1, -0.05) is 24.2 Å². The molecule has 8 nitrogen and oxygen atoms in total. The lowest BCUT2D eigenvalue weighted by Gasteiger charge is -2.16. The summed E-state index contributed by atoms with van der Waals surface area (Å²) in [4.78, 5) is 36.7. The summed E-state index contributed by atoms with van der Waals surface area (Å²) >= 11 is 6.33. The molecular formula is C26H26ClN5O3. The van der Waals surface area contributed by atoms with Gasteiger partial charge >= 0.3 is 0 Å². The summed E-state index contributed by atoms with van der Waals surface area (Å²) in [7, 11) is 3.29. The molecule has 0 atom stereocenters. The Morgan fingerprint density at radius 3 is 2.91 bits per heavy atom. The predicted molar refractivity (Wildman–Crippen MR) is 140 cm³/mol. The summed E-state index contributed by atoms with van der Waals surface area (Å²) in [5.41, 5.74) is 4.32. The van der Waals surface area contributed by atoms with Crippen LogP contribution in [0.1, 0.15) is 12.0 Å². The second-order valence-electron chi connectivity index (χ2n) is 8.02. The van der Waals surface area contributed by atoms with Crippen molar-refractivity contribution < 1.29 is 9.53 Å². The highest BCUT2D eigenvalue weighted by Crippen LogP contribution is 2.40. The van der Waals surface area contributed by atoms with Crippen molar-refractivity contribution in [2.75, 3.05) is 26.0 Å². The van der Waals surface area contributed by atoms with Crippen LogP contribution >= 0.6 is 11.6 Å². The van der Waals surface area contributed by atoms with Crippen LogP contribution in [0.15, 0.2) is 66.4 Å². The first-order valence-electron chi connectivity index (χ1n) is 11.1. The number of likely N-dealkylation sites (N-methyl/N-ethyl adjacent to an activating group) is 1. The third kappa shape index (κ3) is 4.93. The third-order valence-corrected chi connectivity index (χ3v) is 6.11. The Kier molecular flexibility index (Phi) is 7.22. The monoisotopic (exact) mass is 491 g/mol. The summed E-state index contributed by atoms with van der Waals surface area (Å²) in [5, 5.41) is 4.32. The number of hydrogen-bond donors (Lipinski definition) is 3. The summed E-state index contributed by atoms with van der Waals surface area (Å²) in [6.07, 6.45) is 7.86. The second-order valence-corrected chi connectivity index (χ2v) is 8.42. The second kappa shape index (κ2) is 10.5. The first kappa shape index (κ1) is 24.1. The number of nitrogens with one attached hydrogen (secondary N) is 3. The lowest BCUT2D eigenvalue weighted by Crippen LogP contribution is -2.25. The van der Waals surface area contributed by atoms with Crippen LogP contribution in [-0.4, -0.2) is 46.5 Å². The first-order valence-corrected chi connectivity index (χ1v) is 11.5. The van der Waals surface area contributed by atoms with Gasteiger partial charge in [0.05, 0.1) is 40.1 Å². The van der Waals surface area contributed by atoms with Crippen LogP contribution in [0.3, 0.4) is 0 Å². The Morgan fingerprint density at radius 1 is 1.31 bits per heavy atom. The topological polar surface area (TPSA) is 103 Å². The van der Waals surface area contributed by atoms with Gasteiger partial charge in [-0.05, 0) is 48.7 Å². The molecular weight excluding hydrogens is 466 g/mol. The summed E-state index contributed by atoms with van der Waals surface area (Å²) in [6, 6.07) is 9.11. The van der Waals surface area contributed by atoms with Crippen molar-refractivity contribution in [1.82, 2.24) is 19.9 Å². The Balaban J connectivity index is 1.78. The van der Waals surface area contributed by atoms with Gasteiger partial charge in [0.15, 0.2) is 5.75 Å². The third-order valence-electron chi connectivity index (χ3n) is 5.81. The number of hydrogen-bond acceptors (Lipinski definition) is 5. The normalized spacial score (nSPS) is 10.8. The van der Waals surface area contributed by atoms with E-state index in [-0.39, 0.29) is 11.5 Å². The number of anilines is 2. The molecule has 0 unspecified atom stereocenters. The number of carbonyl (C=O) groups excluding carboxylic acids is 1. The van der Waals surface area contributed by atoms with E-state index in [0.29, 0.717) is 46.0 Å². The highest BCUT2D eigenvalue weighted by molar-refractivity contribution is 6.32. The van der Waals surface area contributed by atoms with Gasteiger partial charge in [0, 0.05) is 37.7 Å². The molecule has 0 saturated heterocycles. The van der Waals surface area contributed by atoms with E-state index in [4.69, 9.17) is 16.3 Å². The number of aryl methyl sites for hydroxylation is 1. The highest BCUT2D eigenvalue weighted by atomic mass is 35.5. The minimum absolute atomic E-state index is 0.117. The largest absolute Gasteiger partial charge is 0.493 e. The van der Waals surface area contributed by atoms with Crippen molar-refractivity contribution in [3.8, 4) is 17.0 Å². The first-order chi connectivity index (χ1) is 16.9. The van der Waals surface area contributed by atoms with E-state index in [1.54, 1.807) is 37.5 Å². The Labute approximate surface area is 207 Å². The van der Waals surface area contributed by atoms with E-state index in [9.17, 15) is 9.59 Å². The van der Waals surface area contributed by atoms with Gasteiger partial charge in [-0.15, -0.1) is 0 Å². The number of nitrogens with zero attached hydrogens (tertiary/aromatic N) is 2. The summed E-state index contributed by atoms with van der Waals surface area (Å²) < 4.78 is 5.50. The number of pyridine rings is 2. The standard InChI is InChI=1S/C26H26ClN5O3/c1-4-21(33)32(2)14-6-7-16-15-28-12-10-17(16)23-24(22-19(30-23)11-13-29-26(22)34)31-20-9-5-8-18(27)25(20)35-3/h4-5,8-13,15,30-31H,1,6-7,14H2,2-3H3,(H,29,34). The number of aromatic amines is 2. The van der Waals surface area contributed by atoms with E-state index >= 15 is 0 Å². The molecule has 180 valence electrons. The summed E-state index contributed by atoms with van der Waals surface area (Å²) in [6.45, 7) is 4.11. The molecule has 4 aromatic rings. The number of amides is 1. The molecule has 0 bridgehead atoms. The number of aromatic nitrogens is 3. The quantitative estimate of drug-likeness (QED) is 0.289. The maximum Gasteiger partial charge on any atom is 0.259 e. The van der Waals surface area contributed by atoms with Crippen LogP contribution < -0.4 is 15.6 Å². The van der Waals surface area contributed by atoms with Crippen molar-refractivity contribution in [3.05, 3.63) is 82.5 Å². The van der Waals surface area contributed by atoms with Crippen molar-refractivity contribution in [1.29, 1.82) is 0 Å². The molecule has 1 aromatic carbocycles. The number of halogens is 1. The molecule has 0 radical (unpaired) electrons. The van der Waals surface area contributed by atoms with Gasteiger partial charge in [0.25, 0.3) is 5.56 Å². The fourth-order valence-corrected chi connectivity index (χ4v) is 4.32. The van der Waals surface area contributed by atoms with E-state index < -0.39 is 0 Å². The smallest absolute Gasteiger partial charge is 0.259 e. The SMILES string of the molecule is C=CC(=O)N(C)CCCc1cnccc1-c1[nH]c2cc[nH]c(=O)c2c1Nc1cccc(Cl)c1OC. The molecule has 0 fully saturated rings. The molecule has 0 saturated carbocycles. The molecule has 4 rings (SSSR count). The highest BCUT2D eigenvalue weighted by Gasteiger charge is 2.20. The molecule has 0 spiro atoms. The van der Waals surface area contributed by atoms with Crippen LogP contribution in [0.5, 0.6) is 5.75 Å². The van der Waals surface area contributed by atoms with Gasteiger partial charge in [-0.2, -0.15) is 0 Å². The number of rotatable bonds is 9. The van der Waals surface area contributed by atoms with Gasteiger partial charge in [0.1, 0.15) is 0 Å². The molecule has 9 heteroatoms. The number of methoxy groups -OCH3 is 1. The Morgan fingerprint density at radius 2 is 2.14 bits per heavy atom. The van der Waals surface area contributed by atoms with Crippen LogP contribution in [0.25, 0.3) is 22.2 Å². The van der Waals surface area contributed by atoms with Crippen molar-refractivity contribution in [2.45, 2.75) is 12.8 Å². The Bertz CT molecular complexity index is 1440. The minimum Gasteiger partial charge on any atom is -0.493 e. The molecule has 0 aliphatic carbocycles. The number of carbonyl (C=O) groups is 1. The molecule has 35 heavy (non-hydrogen) atoms. The number of fused-ring (bicyclic) bond motifs is 1. The minimum atomic E-state index is -0.228. The van der Waals surface area contributed by atoms with Gasteiger partial charge in [0.2, 0.25) is 5.91 Å².